The summed E-state index contributed by atoms with van der Waals surface area (Å²) in [7, 11) is 0. The van der Waals surface area contributed by atoms with Crippen LogP contribution in [-0.4, -0.2) is 18.6 Å². The summed E-state index contributed by atoms with van der Waals surface area (Å²) in [5.74, 6) is -0.565. The molecule has 84 valence electrons. The second-order valence-electron chi connectivity index (χ2n) is 3.67. The third kappa shape index (κ3) is 1.66. The number of rotatable bonds is 1. The Morgan fingerprint density at radius 1 is 1.69 bits per heavy atom. The van der Waals surface area contributed by atoms with Crippen LogP contribution >= 0.6 is 0 Å². The highest BCUT2D eigenvalue weighted by atomic mass is 19.1. The lowest BCUT2D eigenvalue weighted by molar-refractivity contribution is -0.114. The number of halogens is 1. The Hall–Kier alpha value is -1.84. The molecule has 0 radical (unpaired) electrons. The van der Waals surface area contributed by atoms with Crippen LogP contribution in [-0.2, 0) is 4.79 Å². The maximum atomic E-state index is 13.5. The Bertz CT molecular complexity index is 445. The minimum Gasteiger partial charge on any atom is -0.484 e. The van der Waals surface area contributed by atoms with E-state index in [0.717, 1.165) is 0 Å². The molecule has 0 aromatic heterocycles. The van der Waals surface area contributed by atoms with Crippen LogP contribution in [0.4, 0.5) is 10.1 Å². The minimum atomic E-state index is -0.453. The quantitative estimate of drug-likeness (QED) is 0.680. The van der Waals surface area contributed by atoms with E-state index in [1.807, 2.05) is 0 Å². The Labute approximate surface area is 93.1 Å². The second kappa shape index (κ2) is 3.96. The molecule has 0 saturated carbocycles. The van der Waals surface area contributed by atoms with Crippen LogP contribution in [0.3, 0.4) is 0 Å². The van der Waals surface area contributed by atoms with Gasteiger partial charge < -0.3 is 9.64 Å². The lowest BCUT2D eigenvalue weighted by atomic mass is 10.2. The SMILES string of the molecule is C=CC(=O)N1CC(C)Oc2c(F)cccc21. The summed E-state index contributed by atoms with van der Waals surface area (Å²) in [5.41, 5.74) is 0.461. The fourth-order valence-electron chi connectivity index (χ4n) is 1.74. The second-order valence-corrected chi connectivity index (χ2v) is 3.67. The van der Waals surface area contributed by atoms with E-state index >= 15 is 0 Å². The fourth-order valence-corrected chi connectivity index (χ4v) is 1.74. The maximum absolute atomic E-state index is 13.5. The van der Waals surface area contributed by atoms with Gasteiger partial charge in [-0.25, -0.2) is 4.39 Å². The monoisotopic (exact) mass is 221 g/mol. The predicted molar refractivity (Wildman–Crippen MR) is 59.0 cm³/mol. The Kier molecular flexibility index (Phi) is 2.64. The van der Waals surface area contributed by atoms with Crippen LogP contribution < -0.4 is 9.64 Å². The van der Waals surface area contributed by atoms with Crippen LogP contribution in [0.5, 0.6) is 5.75 Å². The summed E-state index contributed by atoms with van der Waals surface area (Å²) in [4.78, 5) is 13.1. The van der Waals surface area contributed by atoms with Gasteiger partial charge in [0.05, 0.1) is 12.2 Å². The number of hydrogen-bond acceptors (Lipinski definition) is 2. The molecule has 0 aliphatic carbocycles. The van der Waals surface area contributed by atoms with Crippen molar-refractivity contribution in [2.24, 2.45) is 0 Å². The number of carbonyl (C=O) groups excluding carboxylic acids is 1. The number of fused-ring (bicyclic) bond motifs is 1. The molecule has 16 heavy (non-hydrogen) atoms. The van der Waals surface area contributed by atoms with Crippen molar-refractivity contribution in [2.45, 2.75) is 13.0 Å². The normalized spacial score (nSPS) is 18.6. The van der Waals surface area contributed by atoms with Crippen LogP contribution in [0, 0.1) is 5.82 Å². The third-order valence-electron chi connectivity index (χ3n) is 2.44. The number of nitrogens with zero attached hydrogens (tertiary/aromatic N) is 1. The lowest BCUT2D eigenvalue weighted by Crippen LogP contribution is -2.41. The summed E-state index contributed by atoms with van der Waals surface area (Å²) in [6, 6.07) is 4.52. The fraction of sp³-hybridized carbons (Fsp3) is 0.250. The molecule has 1 atom stereocenters. The van der Waals surface area contributed by atoms with Crippen LogP contribution in [0.1, 0.15) is 6.92 Å². The molecule has 4 heteroatoms. The number of hydrogen-bond donors (Lipinski definition) is 0. The predicted octanol–water partition coefficient (Wildman–Crippen LogP) is 2.13. The van der Waals surface area contributed by atoms with E-state index in [1.165, 1.54) is 17.0 Å². The number of benzene rings is 1. The van der Waals surface area contributed by atoms with Crippen molar-refractivity contribution in [2.75, 3.05) is 11.4 Å². The third-order valence-corrected chi connectivity index (χ3v) is 2.44. The lowest BCUT2D eigenvalue weighted by Gasteiger charge is -2.32. The number of anilines is 1. The average Bonchev–Trinajstić information content (AvgIpc) is 2.28. The van der Waals surface area contributed by atoms with Crippen molar-refractivity contribution in [1.82, 2.24) is 0 Å². The Morgan fingerprint density at radius 2 is 2.44 bits per heavy atom. The minimum absolute atomic E-state index is 0.136. The summed E-state index contributed by atoms with van der Waals surface area (Å²) in [6.07, 6.45) is 0.987. The van der Waals surface area contributed by atoms with Crippen molar-refractivity contribution < 1.29 is 13.9 Å². The molecule has 1 heterocycles. The largest absolute Gasteiger partial charge is 0.484 e. The van der Waals surface area contributed by atoms with Crippen molar-refractivity contribution in [3.63, 3.8) is 0 Å². The van der Waals surface area contributed by atoms with Gasteiger partial charge in [-0.15, -0.1) is 0 Å². The van der Waals surface area contributed by atoms with Gasteiger partial charge in [0.1, 0.15) is 6.10 Å². The first-order valence-corrected chi connectivity index (χ1v) is 5.02. The highest BCUT2D eigenvalue weighted by Gasteiger charge is 2.28. The maximum Gasteiger partial charge on any atom is 0.250 e. The van der Waals surface area contributed by atoms with Gasteiger partial charge in [-0.1, -0.05) is 12.6 Å². The molecule has 0 spiro atoms. The standard InChI is InChI=1S/C12H12FNO2/c1-3-11(15)14-7-8(2)16-12-9(13)5-4-6-10(12)14/h3-6,8H,1,7H2,2H3. The first kappa shape index (κ1) is 10.7. The van der Waals surface area contributed by atoms with Gasteiger partial charge in [0.15, 0.2) is 11.6 Å². The van der Waals surface area contributed by atoms with E-state index in [0.29, 0.717) is 12.2 Å². The molecular weight excluding hydrogens is 209 g/mol. The summed E-state index contributed by atoms with van der Waals surface area (Å²) >= 11 is 0. The van der Waals surface area contributed by atoms with Crippen molar-refractivity contribution >= 4 is 11.6 Å². The number of para-hydroxylation sites is 1. The first-order chi connectivity index (χ1) is 7.63. The van der Waals surface area contributed by atoms with Crippen molar-refractivity contribution in [3.05, 3.63) is 36.7 Å². The van der Waals surface area contributed by atoms with E-state index in [2.05, 4.69) is 6.58 Å². The van der Waals surface area contributed by atoms with Crippen molar-refractivity contribution in [1.29, 1.82) is 0 Å². The zero-order valence-electron chi connectivity index (χ0n) is 8.94. The Morgan fingerprint density at radius 3 is 3.12 bits per heavy atom. The molecular formula is C12H12FNO2. The van der Waals surface area contributed by atoms with Crippen LogP contribution in [0.2, 0.25) is 0 Å². The molecule has 1 aliphatic heterocycles. The molecule has 1 aromatic rings. The highest BCUT2D eigenvalue weighted by molar-refractivity contribution is 6.02. The molecule has 0 saturated heterocycles. The van der Waals surface area contributed by atoms with Gasteiger partial charge in [0.25, 0.3) is 5.91 Å². The van der Waals surface area contributed by atoms with E-state index in [1.54, 1.807) is 19.1 Å². The van der Waals surface area contributed by atoms with E-state index in [-0.39, 0.29) is 17.8 Å². The van der Waals surface area contributed by atoms with Gasteiger partial charge in [-0.05, 0) is 25.1 Å². The zero-order valence-corrected chi connectivity index (χ0v) is 8.94. The number of carbonyl (C=O) groups is 1. The van der Waals surface area contributed by atoms with Gasteiger partial charge in [-0.3, -0.25) is 4.79 Å². The van der Waals surface area contributed by atoms with Gasteiger partial charge in [0, 0.05) is 0 Å². The molecule has 2 rings (SSSR count). The van der Waals surface area contributed by atoms with E-state index in [4.69, 9.17) is 4.74 Å². The molecule has 1 unspecified atom stereocenters. The number of ether oxygens (including phenoxy) is 1. The molecule has 1 aliphatic rings. The summed E-state index contributed by atoms with van der Waals surface area (Å²) in [6.45, 7) is 5.62. The first-order valence-electron chi connectivity index (χ1n) is 5.02. The van der Waals surface area contributed by atoms with E-state index in [9.17, 15) is 9.18 Å². The highest BCUT2D eigenvalue weighted by Crippen LogP contribution is 2.35. The molecule has 0 bridgehead atoms. The average molecular weight is 221 g/mol. The van der Waals surface area contributed by atoms with Gasteiger partial charge >= 0.3 is 0 Å². The van der Waals surface area contributed by atoms with Crippen LogP contribution in [0.25, 0.3) is 0 Å². The Balaban J connectivity index is 2.49. The van der Waals surface area contributed by atoms with Gasteiger partial charge in [0.2, 0.25) is 0 Å². The topological polar surface area (TPSA) is 29.5 Å². The summed E-state index contributed by atoms with van der Waals surface area (Å²) in [5, 5.41) is 0. The smallest absolute Gasteiger partial charge is 0.250 e. The molecule has 3 nitrogen and oxygen atoms in total. The number of amides is 1. The van der Waals surface area contributed by atoms with Crippen LogP contribution in [0.15, 0.2) is 30.9 Å². The van der Waals surface area contributed by atoms with E-state index < -0.39 is 5.82 Å². The zero-order chi connectivity index (χ0) is 11.7. The summed E-state index contributed by atoms with van der Waals surface area (Å²) < 4.78 is 18.9. The van der Waals surface area contributed by atoms with Crippen molar-refractivity contribution in [3.8, 4) is 5.75 Å². The molecule has 0 N–H and O–H groups in total. The molecule has 0 fully saturated rings. The van der Waals surface area contributed by atoms with Gasteiger partial charge in [-0.2, -0.15) is 0 Å². The molecule has 1 amide bonds. The molecule has 1 aromatic carbocycles.